The molecule has 3 rings (SSSR count). The number of fused-ring (bicyclic) bond motifs is 1. The molecule has 0 atom stereocenters. The van der Waals surface area contributed by atoms with Gasteiger partial charge in [-0.05, 0) is 67.6 Å². The van der Waals surface area contributed by atoms with Gasteiger partial charge in [-0.2, -0.15) is 13.2 Å². The summed E-state index contributed by atoms with van der Waals surface area (Å²) in [5.41, 5.74) is 7.92. The maximum absolute atomic E-state index is 13.1. The molecule has 6 nitrogen and oxygen atoms in total. The van der Waals surface area contributed by atoms with Crippen LogP contribution in [0.5, 0.6) is 0 Å². The van der Waals surface area contributed by atoms with E-state index in [4.69, 9.17) is 10.9 Å². The highest BCUT2D eigenvalue weighted by atomic mass is 19.4. The van der Waals surface area contributed by atoms with E-state index in [1.54, 1.807) is 38.1 Å². The Balaban J connectivity index is 1.98. The van der Waals surface area contributed by atoms with Crippen molar-refractivity contribution in [3.8, 4) is 11.3 Å². The quantitative estimate of drug-likeness (QED) is 0.345. The van der Waals surface area contributed by atoms with Crippen LogP contribution >= 0.6 is 0 Å². The standard InChI is InChI=1S/C23H21F3N4O2/c1-13-10-15(5-7-20(13)30(3)22(31)19(29-32)8-9-27)18-6-4-16-12-17(23(24,25)26)11-14(2)21(16)28-18/h4-12,32H,27H2,1-3H3. The first-order valence-corrected chi connectivity index (χ1v) is 9.55. The fourth-order valence-electron chi connectivity index (χ4n) is 3.45. The third kappa shape index (κ3) is 4.41. The molecule has 2 aromatic carbocycles. The van der Waals surface area contributed by atoms with Crippen LogP contribution in [0.2, 0.25) is 0 Å². The van der Waals surface area contributed by atoms with E-state index in [-0.39, 0.29) is 5.71 Å². The molecule has 1 amide bonds. The van der Waals surface area contributed by atoms with Gasteiger partial charge in [-0.25, -0.2) is 4.98 Å². The minimum atomic E-state index is -4.42. The maximum Gasteiger partial charge on any atom is 0.416 e. The number of benzene rings is 2. The van der Waals surface area contributed by atoms with E-state index in [0.717, 1.165) is 29.5 Å². The second kappa shape index (κ2) is 8.70. The van der Waals surface area contributed by atoms with Crippen molar-refractivity contribution in [1.82, 2.24) is 4.98 Å². The second-order valence-corrected chi connectivity index (χ2v) is 7.27. The van der Waals surface area contributed by atoms with Crippen molar-refractivity contribution in [2.75, 3.05) is 11.9 Å². The molecule has 1 aromatic heterocycles. The Bertz CT molecular complexity index is 1250. The minimum Gasteiger partial charge on any atom is -0.410 e. The summed E-state index contributed by atoms with van der Waals surface area (Å²) in [6.07, 6.45) is -2.13. The van der Waals surface area contributed by atoms with Crippen LogP contribution in [0, 0.1) is 13.8 Å². The Morgan fingerprint density at radius 3 is 2.44 bits per heavy atom. The molecule has 0 radical (unpaired) electrons. The molecule has 1 heterocycles. The molecule has 0 spiro atoms. The van der Waals surface area contributed by atoms with Crippen molar-refractivity contribution in [1.29, 1.82) is 0 Å². The summed E-state index contributed by atoms with van der Waals surface area (Å²) in [5.74, 6) is -0.551. The van der Waals surface area contributed by atoms with Crippen LogP contribution in [0.1, 0.15) is 16.7 Å². The SMILES string of the molecule is Cc1cc(-c2ccc3cc(C(F)(F)F)cc(C)c3n2)ccc1N(C)C(=O)C(C=CN)=NO. The van der Waals surface area contributed by atoms with Crippen molar-refractivity contribution in [3.63, 3.8) is 0 Å². The smallest absolute Gasteiger partial charge is 0.410 e. The fourth-order valence-corrected chi connectivity index (χ4v) is 3.45. The summed E-state index contributed by atoms with van der Waals surface area (Å²) in [7, 11) is 1.54. The predicted molar refractivity (Wildman–Crippen MR) is 118 cm³/mol. The van der Waals surface area contributed by atoms with Crippen molar-refractivity contribution in [3.05, 3.63) is 71.4 Å². The van der Waals surface area contributed by atoms with E-state index in [0.29, 0.717) is 27.8 Å². The van der Waals surface area contributed by atoms with Gasteiger partial charge in [-0.15, -0.1) is 0 Å². The lowest BCUT2D eigenvalue weighted by Crippen LogP contribution is -2.33. The summed E-state index contributed by atoms with van der Waals surface area (Å²) in [4.78, 5) is 18.4. The number of hydrogen-bond acceptors (Lipinski definition) is 5. The number of aromatic nitrogens is 1. The van der Waals surface area contributed by atoms with Gasteiger partial charge < -0.3 is 15.8 Å². The molecule has 0 saturated heterocycles. The van der Waals surface area contributed by atoms with Crippen LogP contribution in [0.4, 0.5) is 18.9 Å². The average molecular weight is 442 g/mol. The van der Waals surface area contributed by atoms with Gasteiger partial charge in [0.15, 0.2) is 5.71 Å². The summed E-state index contributed by atoms with van der Waals surface area (Å²) in [6.45, 7) is 3.40. The zero-order valence-electron chi connectivity index (χ0n) is 17.6. The highest BCUT2D eigenvalue weighted by Crippen LogP contribution is 2.34. The molecule has 0 fully saturated rings. The number of rotatable bonds is 4. The van der Waals surface area contributed by atoms with Gasteiger partial charge in [0.2, 0.25) is 0 Å². The van der Waals surface area contributed by atoms with Gasteiger partial charge in [0.1, 0.15) is 0 Å². The number of nitrogens with zero attached hydrogens (tertiary/aromatic N) is 3. The Hall–Kier alpha value is -3.88. The largest absolute Gasteiger partial charge is 0.416 e. The number of alkyl halides is 3. The molecule has 3 N–H and O–H groups in total. The lowest BCUT2D eigenvalue weighted by atomic mass is 10.0. The van der Waals surface area contributed by atoms with Crippen molar-refractivity contribution in [2.24, 2.45) is 10.9 Å². The molecular formula is C23H21F3N4O2. The number of carbonyl (C=O) groups excluding carboxylic acids is 1. The van der Waals surface area contributed by atoms with E-state index in [9.17, 15) is 18.0 Å². The number of carbonyl (C=O) groups is 1. The lowest BCUT2D eigenvalue weighted by Gasteiger charge is -2.20. The Labute approximate surface area is 182 Å². The van der Waals surface area contributed by atoms with Crippen LogP contribution in [-0.4, -0.2) is 28.9 Å². The van der Waals surface area contributed by atoms with E-state index in [1.807, 2.05) is 6.07 Å². The summed E-state index contributed by atoms with van der Waals surface area (Å²) < 4.78 is 39.2. The molecular weight excluding hydrogens is 421 g/mol. The topological polar surface area (TPSA) is 91.8 Å². The predicted octanol–water partition coefficient (Wildman–Crippen LogP) is 4.80. The molecule has 9 heteroatoms. The fraction of sp³-hybridized carbons (Fsp3) is 0.174. The van der Waals surface area contributed by atoms with E-state index < -0.39 is 17.6 Å². The molecule has 0 saturated carbocycles. The van der Waals surface area contributed by atoms with E-state index >= 15 is 0 Å². The van der Waals surface area contributed by atoms with Crippen LogP contribution < -0.4 is 10.6 Å². The zero-order valence-corrected chi connectivity index (χ0v) is 17.6. The summed E-state index contributed by atoms with van der Waals surface area (Å²) >= 11 is 0. The number of hydrogen-bond donors (Lipinski definition) is 2. The van der Waals surface area contributed by atoms with Crippen molar-refractivity contribution in [2.45, 2.75) is 20.0 Å². The van der Waals surface area contributed by atoms with Crippen molar-refractivity contribution < 1.29 is 23.2 Å². The van der Waals surface area contributed by atoms with Gasteiger partial charge in [-0.3, -0.25) is 4.79 Å². The second-order valence-electron chi connectivity index (χ2n) is 7.27. The molecule has 0 aliphatic rings. The van der Waals surface area contributed by atoms with E-state index in [2.05, 4.69) is 10.1 Å². The minimum absolute atomic E-state index is 0.219. The number of pyridine rings is 1. The number of nitrogens with two attached hydrogens (primary N) is 1. The number of oxime groups is 1. The molecule has 32 heavy (non-hydrogen) atoms. The van der Waals surface area contributed by atoms with Crippen molar-refractivity contribution >= 4 is 28.2 Å². The highest BCUT2D eigenvalue weighted by Gasteiger charge is 2.31. The Kier molecular flexibility index (Phi) is 6.20. The molecule has 0 unspecified atom stereocenters. The number of amides is 1. The third-order valence-corrected chi connectivity index (χ3v) is 5.05. The zero-order chi connectivity index (χ0) is 23.6. The molecule has 0 aliphatic carbocycles. The third-order valence-electron chi connectivity index (χ3n) is 5.05. The summed E-state index contributed by atoms with van der Waals surface area (Å²) in [5, 5.41) is 12.4. The number of aryl methyl sites for hydroxylation is 2. The van der Waals surface area contributed by atoms with E-state index in [1.165, 1.54) is 18.0 Å². The van der Waals surface area contributed by atoms with Crippen LogP contribution in [0.15, 0.2) is 59.9 Å². The maximum atomic E-state index is 13.1. The van der Waals surface area contributed by atoms with Crippen LogP contribution in [0.3, 0.4) is 0 Å². The number of halogens is 3. The Morgan fingerprint density at radius 1 is 1.12 bits per heavy atom. The average Bonchev–Trinajstić information content (AvgIpc) is 2.75. The first-order chi connectivity index (χ1) is 15.1. The Morgan fingerprint density at radius 2 is 1.84 bits per heavy atom. The highest BCUT2D eigenvalue weighted by molar-refractivity contribution is 6.47. The van der Waals surface area contributed by atoms with Gasteiger partial charge in [0.25, 0.3) is 5.91 Å². The van der Waals surface area contributed by atoms with Gasteiger partial charge in [0.05, 0.1) is 16.8 Å². The first-order valence-electron chi connectivity index (χ1n) is 9.55. The first kappa shape index (κ1) is 22.8. The lowest BCUT2D eigenvalue weighted by molar-refractivity contribution is -0.137. The number of anilines is 1. The monoisotopic (exact) mass is 442 g/mol. The molecule has 0 bridgehead atoms. The van der Waals surface area contributed by atoms with Crippen LogP contribution in [0.25, 0.3) is 22.2 Å². The molecule has 166 valence electrons. The van der Waals surface area contributed by atoms with Gasteiger partial charge in [-0.1, -0.05) is 17.3 Å². The summed E-state index contributed by atoms with van der Waals surface area (Å²) in [6, 6.07) is 10.7. The molecule has 3 aromatic rings. The van der Waals surface area contributed by atoms with Crippen LogP contribution in [-0.2, 0) is 11.0 Å². The molecule has 0 aliphatic heterocycles. The normalized spacial score (nSPS) is 12.5. The van der Waals surface area contributed by atoms with Gasteiger partial charge in [0, 0.05) is 23.7 Å². The van der Waals surface area contributed by atoms with Gasteiger partial charge >= 0.3 is 6.18 Å².